The van der Waals surface area contributed by atoms with E-state index < -0.39 is 0 Å². The third-order valence-electron chi connectivity index (χ3n) is 2.94. The highest BCUT2D eigenvalue weighted by Crippen LogP contribution is 2.16. The second-order valence-corrected chi connectivity index (χ2v) is 5.63. The molecule has 0 saturated carbocycles. The molecule has 3 rings (SSSR count). The predicted octanol–water partition coefficient (Wildman–Crippen LogP) is 1.46. The molecule has 0 spiro atoms. The Morgan fingerprint density at radius 2 is 2.05 bits per heavy atom. The van der Waals surface area contributed by atoms with Gasteiger partial charge in [0.2, 0.25) is 11.7 Å². The van der Waals surface area contributed by atoms with Crippen LogP contribution in [-0.2, 0) is 4.79 Å². The number of rotatable bonds is 4. The molecule has 0 fully saturated rings. The average molecular weight is 315 g/mol. The Morgan fingerprint density at radius 3 is 2.82 bits per heavy atom. The summed E-state index contributed by atoms with van der Waals surface area (Å²) in [7, 11) is 0. The highest BCUT2D eigenvalue weighted by atomic mass is 32.2. The summed E-state index contributed by atoms with van der Waals surface area (Å²) in [4.78, 5) is 25.7. The smallest absolute Gasteiger partial charge is 0.252 e. The summed E-state index contributed by atoms with van der Waals surface area (Å²) in [6.45, 7) is 1.99. The van der Waals surface area contributed by atoms with Crippen LogP contribution in [0.1, 0.15) is 5.56 Å². The number of aryl methyl sites for hydroxylation is 1. The summed E-state index contributed by atoms with van der Waals surface area (Å²) in [5, 5.41) is 11.2. The number of benzene rings is 1. The van der Waals surface area contributed by atoms with Crippen molar-refractivity contribution in [1.82, 2.24) is 19.6 Å². The highest BCUT2D eigenvalue weighted by Gasteiger charge is 2.09. The van der Waals surface area contributed by atoms with Crippen molar-refractivity contribution in [3.8, 4) is 0 Å². The van der Waals surface area contributed by atoms with Crippen LogP contribution in [0.5, 0.6) is 0 Å². The topological polar surface area (TPSA) is 92.2 Å². The number of hydrogen-bond donors (Lipinski definition) is 2. The van der Waals surface area contributed by atoms with Crippen molar-refractivity contribution in [3.05, 3.63) is 52.4 Å². The Bertz CT molecular complexity index is 869. The number of hydrogen-bond acceptors (Lipinski definition) is 5. The van der Waals surface area contributed by atoms with E-state index in [-0.39, 0.29) is 17.2 Å². The summed E-state index contributed by atoms with van der Waals surface area (Å²) < 4.78 is 1.63. The van der Waals surface area contributed by atoms with Gasteiger partial charge in [0.1, 0.15) is 0 Å². The SMILES string of the molecule is Cc1ccc(NC(=O)CSc2nnc3[nH]c(=O)ccn23)cc1. The van der Waals surface area contributed by atoms with Gasteiger partial charge in [-0.1, -0.05) is 29.5 Å². The third-order valence-corrected chi connectivity index (χ3v) is 3.89. The van der Waals surface area contributed by atoms with Crippen LogP contribution >= 0.6 is 11.8 Å². The lowest BCUT2D eigenvalue weighted by Gasteiger charge is -2.04. The molecular weight excluding hydrogens is 302 g/mol. The molecule has 0 radical (unpaired) electrons. The largest absolute Gasteiger partial charge is 0.325 e. The van der Waals surface area contributed by atoms with Crippen LogP contribution in [0.2, 0.25) is 0 Å². The summed E-state index contributed by atoms with van der Waals surface area (Å²) in [6, 6.07) is 8.97. The molecule has 7 nitrogen and oxygen atoms in total. The van der Waals surface area contributed by atoms with E-state index >= 15 is 0 Å². The maximum absolute atomic E-state index is 11.9. The average Bonchev–Trinajstić information content (AvgIpc) is 2.89. The molecule has 1 amide bonds. The Kier molecular flexibility index (Phi) is 3.92. The maximum atomic E-state index is 11.9. The molecular formula is C14H13N5O2S. The van der Waals surface area contributed by atoms with E-state index in [4.69, 9.17) is 0 Å². The van der Waals surface area contributed by atoms with Gasteiger partial charge in [-0.15, -0.1) is 10.2 Å². The van der Waals surface area contributed by atoms with Crippen LogP contribution < -0.4 is 10.9 Å². The summed E-state index contributed by atoms with van der Waals surface area (Å²) in [5.74, 6) is 0.428. The standard InChI is InChI=1S/C14H13N5O2S/c1-9-2-4-10(5-3-9)15-12(21)8-22-14-18-17-13-16-11(20)6-7-19(13)14/h2-7H,8H2,1H3,(H,15,21)(H,16,17,20). The van der Waals surface area contributed by atoms with Gasteiger partial charge in [0, 0.05) is 18.0 Å². The van der Waals surface area contributed by atoms with E-state index in [1.54, 1.807) is 10.6 Å². The van der Waals surface area contributed by atoms with Crippen molar-refractivity contribution >= 4 is 29.1 Å². The van der Waals surface area contributed by atoms with Crippen LogP contribution in [0.3, 0.4) is 0 Å². The molecule has 0 atom stereocenters. The highest BCUT2D eigenvalue weighted by molar-refractivity contribution is 7.99. The lowest BCUT2D eigenvalue weighted by atomic mass is 10.2. The summed E-state index contributed by atoms with van der Waals surface area (Å²) >= 11 is 1.25. The number of anilines is 1. The Balaban J connectivity index is 1.65. The van der Waals surface area contributed by atoms with Crippen molar-refractivity contribution in [3.63, 3.8) is 0 Å². The molecule has 2 heterocycles. The van der Waals surface area contributed by atoms with Gasteiger partial charge in [-0.2, -0.15) is 0 Å². The van der Waals surface area contributed by atoms with E-state index in [1.165, 1.54) is 17.8 Å². The maximum Gasteiger partial charge on any atom is 0.252 e. The molecule has 112 valence electrons. The molecule has 8 heteroatoms. The molecule has 1 aromatic carbocycles. The van der Waals surface area contributed by atoms with Gasteiger partial charge in [-0.05, 0) is 19.1 Å². The van der Waals surface area contributed by atoms with Crippen molar-refractivity contribution < 1.29 is 4.79 Å². The number of thioether (sulfide) groups is 1. The van der Waals surface area contributed by atoms with Gasteiger partial charge < -0.3 is 5.32 Å². The minimum Gasteiger partial charge on any atom is -0.325 e. The zero-order valence-electron chi connectivity index (χ0n) is 11.7. The third kappa shape index (κ3) is 3.17. The van der Waals surface area contributed by atoms with Crippen molar-refractivity contribution in [2.24, 2.45) is 0 Å². The van der Waals surface area contributed by atoms with E-state index in [9.17, 15) is 9.59 Å². The van der Waals surface area contributed by atoms with Gasteiger partial charge in [-0.25, -0.2) is 0 Å². The molecule has 2 N–H and O–H groups in total. The fourth-order valence-electron chi connectivity index (χ4n) is 1.85. The van der Waals surface area contributed by atoms with E-state index in [2.05, 4.69) is 20.5 Å². The number of H-pyrrole nitrogens is 1. The van der Waals surface area contributed by atoms with E-state index in [1.807, 2.05) is 31.2 Å². The monoisotopic (exact) mass is 315 g/mol. The normalized spacial score (nSPS) is 10.8. The van der Waals surface area contributed by atoms with Gasteiger partial charge >= 0.3 is 0 Å². The molecule has 0 aliphatic rings. The Labute approximate surface area is 129 Å². The van der Waals surface area contributed by atoms with Gasteiger partial charge in [0.05, 0.1) is 5.75 Å². The lowest BCUT2D eigenvalue weighted by molar-refractivity contribution is -0.113. The molecule has 0 unspecified atom stereocenters. The first-order chi connectivity index (χ1) is 10.6. The minimum atomic E-state index is -0.242. The number of aromatic nitrogens is 4. The first kappa shape index (κ1) is 14.3. The van der Waals surface area contributed by atoms with Gasteiger partial charge in [0.15, 0.2) is 5.16 Å². The molecule has 2 aromatic heterocycles. The number of carbonyl (C=O) groups excluding carboxylic acids is 1. The summed E-state index contributed by atoms with van der Waals surface area (Å²) in [5.41, 5.74) is 1.65. The number of amides is 1. The zero-order valence-corrected chi connectivity index (χ0v) is 12.6. The summed E-state index contributed by atoms with van der Waals surface area (Å²) in [6.07, 6.45) is 1.58. The fraction of sp³-hybridized carbons (Fsp3) is 0.143. The van der Waals surface area contributed by atoms with Crippen LogP contribution in [0.15, 0.2) is 46.5 Å². The predicted molar refractivity (Wildman–Crippen MR) is 84.1 cm³/mol. The molecule has 0 bridgehead atoms. The minimum absolute atomic E-state index is 0.130. The molecule has 0 aliphatic carbocycles. The fourth-order valence-corrected chi connectivity index (χ4v) is 2.57. The van der Waals surface area contributed by atoms with Crippen LogP contribution in [0.25, 0.3) is 5.78 Å². The van der Waals surface area contributed by atoms with Crippen molar-refractivity contribution in [2.75, 3.05) is 11.1 Å². The lowest BCUT2D eigenvalue weighted by Crippen LogP contribution is -2.14. The number of fused-ring (bicyclic) bond motifs is 1. The van der Waals surface area contributed by atoms with Gasteiger partial charge in [0.25, 0.3) is 5.56 Å². The Hall–Kier alpha value is -2.61. The molecule has 3 aromatic rings. The number of aromatic amines is 1. The van der Waals surface area contributed by atoms with E-state index in [0.29, 0.717) is 10.9 Å². The van der Waals surface area contributed by atoms with Crippen molar-refractivity contribution in [1.29, 1.82) is 0 Å². The quantitative estimate of drug-likeness (QED) is 0.711. The first-order valence-electron chi connectivity index (χ1n) is 6.55. The Morgan fingerprint density at radius 1 is 1.27 bits per heavy atom. The first-order valence-corrected chi connectivity index (χ1v) is 7.54. The van der Waals surface area contributed by atoms with Gasteiger partial charge in [-0.3, -0.25) is 19.0 Å². The number of carbonyl (C=O) groups is 1. The second-order valence-electron chi connectivity index (χ2n) is 4.68. The van der Waals surface area contributed by atoms with Crippen LogP contribution in [-0.4, -0.2) is 31.2 Å². The number of nitrogens with zero attached hydrogens (tertiary/aromatic N) is 3. The van der Waals surface area contributed by atoms with E-state index in [0.717, 1.165) is 11.3 Å². The number of nitrogens with one attached hydrogen (secondary N) is 2. The van der Waals surface area contributed by atoms with Crippen LogP contribution in [0.4, 0.5) is 5.69 Å². The molecule has 0 aliphatic heterocycles. The zero-order chi connectivity index (χ0) is 15.5. The molecule has 0 saturated heterocycles. The second kappa shape index (κ2) is 6.02. The van der Waals surface area contributed by atoms with Crippen LogP contribution in [0, 0.1) is 6.92 Å². The van der Waals surface area contributed by atoms with Crippen molar-refractivity contribution in [2.45, 2.75) is 12.1 Å². The molecule has 22 heavy (non-hydrogen) atoms.